The van der Waals surface area contributed by atoms with Gasteiger partial charge in [-0.3, -0.25) is 9.69 Å². The third kappa shape index (κ3) is 4.90. The van der Waals surface area contributed by atoms with Crippen LogP contribution in [0.3, 0.4) is 0 Å². The molecule has 0 unspecified atom stereocenters. The topological polar surface area (TPSA) is 54.4 Å². The molecule has 0 radical (unpaired) electrons. The molecular formula is C25H31N3O3. The van der Waals surface area contributed by atoms with Crippen LogP contribution in [-0.4, -0.2) is 54.9 Å². The number of nitrogens with zero attached hydrogens (tertiary/aromatic N) is 3. The normalized spacial score (nSPS) is 19.2. The highest BCUT2D eigenvalue weighted by atomic mass is 16.5. The monoisotopic (exact) mass is 421 g/mol. The number of carbonyl (C=O) groups is 1. The van der Waals surface area contributed by atoms with Gasteiger partial charge in [0.1, 0.15) is 11.5 Å². The summed E-state index contributed by atoms with van der Waals surface area (Å²) < 4.78 is 11.1. The molecule has 1 amide bonds. The summed E-state index contributed by atoms with van der Waals surface area (Å²) in [4.78, 5) is 15.6. The second-order valence-corrected chi connectivity index (χ2v) is 8.04. The SMILES string of the molecule is CCOc1ccc([C@H]2CC(c3ccccc3OC)=NN2C(=O)CN2CCCCC2)cc1. The van der Waals surface area contributed by atoms with Crippen molar-refractivity contribution >= 4 is 11.6 Å². The zero-order valence-corrected chi connectivity index (χ0v) is 18.4. The van der Waals surface area contributed by atoms with Gasteiger partial charge in [-0.2, -0.15) is 5.10 Å². The molecule has 6 nitrogen and oxygen atoms in total. The number of rotatable bonds is 7. The van der Waals surface area contributed by atoms with Gasteiger partial charge in [0, 0.05) is 12.0 Å². The number of ether oxygens (including phenoxy) is 2. The Balaban J connectivity index is 1.61. The molecule has 1 fully saturated rings. The number of benzene rings is 2. The summed E-state index contributed by atoms with van der Waals surface area (Å²) in [7, 11) is 1.66. The van der Waals surface area contributed by atoms with Crippen LogP contribution in [0.5, 0.6) is 11.5 Å². The summed E-state index contributed by atoms with van der Waals surface area (Å²) in [5, 5.41) is 6.50. The first-order valence-electron chi connectivity index (χ1n) is 11.2. The lowest BCUT2D eigenvalue weighted by atomic mass is 9.98. The quantitative estimate of drug-likeness (QED) is 0.670. The fraction of sp³-hybridized carbons (Fsp3) is 0.440. The summed E-state index contributed by atoms with van der Waals surface area (Å²) in [5.41, 5.74) is 2.88. The van der Waals surface area contributed by atoms with E-state index in [-0.39, 0.29) is 11.9 Å². The van der Waals surface area contributed by atoms with Crippen molar-refractivity contribution in [1.29, 1.82) is 0 Å². The Morgan fingerprint density at radius 2 is 1.81 bits per heavy atom. The maximum absolute atomic E-state index is 13.3. The molecule has 164 valence electrons. The van der Waals surface area contributed by atoms with Crippen molar-refractivity contribution in [2.45, 2.75) is 38.6 Å². The van der Waals surface area contributed by atoms with Crippen LogP contribution in [0, 0.1) is 0 Å². The van der Waals surface area contributed by atoms with Gasteiger partial charge in [-0.05, 0) is 62.7 Å². The van der Waals surface area contributed by atoms with Crippen LogP contribution < -0.4 is 9.47 Å². The fourth-order valence-electron chi connectivity index (χ4n) is 4.38. The van der Waals surface area contributed by atoms with Crippen molar-refractivity contribution in [3.8, 4) is 11.5 Å². The van der Waals surface area contributed by atoms with E-state index in [1.165, 1.54) is 6.42 Å². The lowest BCUT2D eigenvalue weighted by Gasteiger charge is -2.29. The van der Waals surface area contributed by atoms with Gasteiger partial charge in [-0.25, -0.2) is 5.01 Å². The highest BCUT2D eigenvalue weighted by Crippen LogP contribution is 2.35. The minimum Gasteiger partial charge on any atom is -0.496 e. The summed E-state index contributed by atoms with van der Waals surface area (Å²) in [6.45, 7) is 4.98. The van der Waals surface area contributed by atoms with Crippen LogP contribution in [0.15, 0.2) is 53.6 Å². The van der Waals surface area contributed by atoms with E-state index in [1.807, 2.05) is 55.5 Å². The van der Waals surface area contributed by atoms with Crippen molar-refractivity contribution in [2.24, 2.45) is 5.10 Å². The third-order valence-electron chi connectivity index (χ3n) is 5.97. The molecule has 0 N–H and O–H groups in total. The average Bonchev–Trinajstić information content (AvgIpc) is 3.26. The van der Waals surface area contributed by atoms with Crippen molar-refractivity contribution in [3.63, 3.8) is 0 Å². The van der Waals surface area contributed by atoms with Gasteiger partial charge >= 0.3 is 0 Å². The van der Waals surface area contributed by atoms with E-state index in [0.29, 0.717) is 19.6 Å². The van der Waals surface area contributed by atoms with Gasteiger partial charge in [0.2, 0.25) is 0 Å². The smallest absolute Gasteiger partial charge is 0.257 e. The second kappa shape index (κ2) is 9.96. The van der Waals surface area contributed by atoms with E-state index in [2.05, 4.69) is 4.90 Å². The lowest BCUT2D eigenvalue weighted by Crippen LogP contribution is -2.40. The van der Waals surface area contributed by atoms with Crippen LogP contribution >= 0.6 is 0 Å². The Labute approximate surface area is 184 Å². The van der Waals surface area contributed by atoms with Crippen LogP contribution in [0.2, 0.25) is 0 Å². The molecule has 0 aliphatic carbocycles. The average molecular weight is 422 g/mol. The predicted octanol–water partition coefficient (Wildman–Crippen LogP) is 4.26. The molecule has 6 heteroatoms. The molecule has 2 aromatic carbocycles. The Hall–Kier alpha value is -2.86. The first kappa shape index (κ1) is 21.4. The van der Waals surface area contributed by atoms with Crippen LogP contribution in [0.4, 0.5) is 0 Å². The van der Waals surface area contributed by atoms with E-state index in [9.17, 15) is 4.79 Å². The molecule has 1 atom stereocenters. The number of likely N-dealkylation sites (tertiary alicyclic amines) is 1. The number of hydrazone groups is 1. The van der Waals surface area contributed by atoms with Crippen LogP contribution in [0.1, 0.15) is 49.8 Å². The Morgan fingerprint density at radius 1 is 1.06 bits per heavy atom. The van der Waals surface area contributed by atoms with Crippen molar-refractivity contribution in [3.05, 3.63) is 59.7 Å². The van der Waals surface area contributed by atoms with Crippen LogP contribution in [-0.2, 0) is 4.79 Å². The zero-order chi connectivity index (χ0) is 21.6. The minimum absolute atomic E-state index is 0.0469. The molecule has 2 aliphatic heterocycles. The summed E-state index contributed by atoms with van der Waals surface area (Å²) in [6.07, 6.45) is 4.22. The molecule has 31 heavy (non-hydrogen) atoms. The number of piperidine rings is 1. The minimum atomic E-state index is -0.132. The Morgan fingerprint density at radius 3 is 2.52 bits per heavy atom. The molecule has 2 aromatic rings. The molecule has 2 aliphatic rings. The van der Waals surface area contributed by atoms with Gasteiger partial charge in [0.25, 0.3) is 5.91 Å². The summed E-state index contributed by atoms with van der Waals surface area (Å²) in [5.74, 6) is 1.66. The lowest BCUT2D eigenvalue weighted by molar-refractivity contribution is -0.134. The Kier molecular flexibility index (Phi) is 6.87. The standard InChI is InChI=1S/C25H31N3O3/c1-3-31-20-13-11-19(12-14-20)23-17-22(21-9-5-6-10-24(21)30-2)26-28(23)25(29)18-27-15-7-4-8-16-27/h5-6,9-14,23H,3-4,7-8,15-18H2,1-2H3/t23-/m1/s1. The van der Waals surface area contributed by atoms with Crippen molar-refractivity contribution in [2.75, 3.05) is 33.4 Å². The van der Waals surface area contributed by atoms with Gasteiger partial charge < -0.3 is 9.47 Å². The zero-order valence-electron chi connectivity index (χ0n) is 18.4. The highest BCUT2D eigenvalue weighted by Gasteiger charge is 2.34. The number of para-hydroxylation sites is 1. The number of methoxy groups -OCH3 is 1. The maximum Gasteiger partial charge on any atom is 0.257 e. The Bertz CT molecular complexity index is 920. The molecule has 2 heterocycles. The van der Waals surface area contributed by atoms with Gasteiger partial charge in [-0.15, -0.1) is 0 Å². The molecule has 0 aromatic heterocycles. The van der Waals surface area contributed by atoms with E-state index >= 15 is 0 Å². The molecule has 0 spiro atoms. The fourth-order valence-corrected chi connectivity index (χ4v) is 4.38. The van der Waals surface area contributed by atoms with Crippen LogP contribution in [0.25, 0.3) is 0 Å². The first-order chi connectivity index (χ1) is 15.2. The van der Waals surface area contributed by atoms with E-state index in [0.717, 1.165) is 54.3 Å². The number of hydrogen-bond acceptors (Lipinski definition) is 5. The van der Waals surface area contributed by atoms with Gasteiger partial charge in [-0.1, -0.05) is 30.7 Å². The molecular weight excluding hydrogens is 390 g/mol. The second-order valence-electron chi connectivity index (χ2n) is 8.04. The molecule has 0 bridgehead atoms. The largest absolute Gasteiger partial charge is 0.496 e. The highest BCUT2D eigenvalue weighted by molar-refractivity contribution is 6.05. The summed E-state index contributed by atoms with van der Waals surface area (Å²) >= 11 is 0. The number of hydrogen-bond donors (Lipinski definition) is 0. The number of carbonyl (C=O) groups excluding carboxylic acids is 1. The van der Waals surface area contributed by atoms with Gasteiger partial charge in [0.15, 0.2) is 0 Å². The van der Waals surface area contributed by atoms with E-state index in [4.69, 9.17) is 14.6 Å². The predicted molar refractivity (Wildman–Crippen MR) is 122 cm³/mol. The number of amides is 1. The first-order valence-corrected chi connectivity index (χ1v) is 11.2. The maximum atomic E-state index is 13.3. The van der Waals surface area contributed by atoms with E-state index < -0.39 is 0 Å². The molecule has 0 saturated carbocycles. The van der Waals surface area contributed by atoms with Gasteiger partial charge in [0.05, 0.1) is 32.0 Å². The van der Waals surface area contributed by atoms with Crippen molar-refractivity contribution < 1.29 is 14.3 Å². The van der Waals surface area contributed by atoms with Crippen molar-refractivity contribution in [1.82, 2.24) is 9.91 Å². The molecule has 4 rings (SSSR count). The van der Waals surface area contributed by atoms with E-state index in [1.54, 1.807) is 12.1 Å². The summed E-state index contributed by atoms with van der Waals surface area (Å²) in [6, 6.07) is 15.7. The third-order valence-corrected chi connectivity index (χ3v) is 5.97. The molecule has 1 saturated heterocycles.